The van der Waals surface area contributed by atoms with Gasteiger partial charge in [-0.15, -0.1) is 0 Å². The van der Waals surface area contributed by atoms with Crippen LogP contribution in [-0.4, -0.2) is 66.3 Å². The van der Waals surface area contributed by atoms with E-state index in [2.05, 4.69) is 27.1 Å². The summed E-state index contributed by atoms with van der Waals surface area (Å²) in [7, 11) is 0. The molecule has 1 atom stereocenters. The third kappa shape index (κ3) is 6.35. The number of rotatable bonds is 10. The monoisotopic (exact) mass is 402 g/mol. The first-order valence-electron chi connectivity index (χ1n) is 10.3. The number of hydrogen-bond donors (Lipinski definition) is 2. The van der Waals surface area contributed by atoms with Crippen molar-refractivity contribution in [2.24, 2.45) is 0 Å². The van der Waals surface area contributed by atoms with Crippen molar-refractivity contribution in [2.45, 2.75) is 38.8 Å². The molecule has 29 heavy (non-hydrogen) atoms. The van der Waals surface area contributed by atoms with E-state index >= 15 is 0 Å². The minimum absolute atomic E-state index is 0.108. The molecule has 1 fully saturated rings. The van der Waals surface area contributed by atoms with Crippen LogP contribution in [-0.2, 0) is 20.8 Å². The highest BCUT2D eigenvalue weighted by atomic mass is 16.5. The van der Waals surface area contributed by atoms with Crippen LogP contribution in [0.2, 0.25) is 0 Å². The van der Waals surface area contributed by atoms with E-state index in [0.29, 0.717) is 56.1 Å². The number of morpholine rings is 1. The molecule has 0 spiro atoms. The first kappa shape index (κ1) is 21.4. The molecule has 8 nitrogen and oxygen atoms in total. The maximum atomic E-state index is 12.4. The number of fused-ring (bicyclic) bond motifs is 1. The Morgan fingerprint density at radius 2 is 2.17 bits per heavy atom. The molecule has 0 bridgehead atoms. The average molecular weight is 402 g/mol. The van der Waals surface area contributed by atoms with E-state index in [1.54, 1.807) is 6.07 Å². The molecule has 2 N–H and O–H groups in total. The molecule has 1 amide bonds. The van der Waals surface area contributed by atoms with Crippen LogP contribution in [0.5, 0.6) is 0 Å². The van der Waals surface area contributed by atoms with Crippen LogP contribution in [0.25, 0.3) is 10.9 Å². The summed E-state index contributed by atoms with van der Waals surface area (Å²) in [6, 6.07) is 7.27. The van der Waals surface area contributed by atoms with Crippen LogP contribution < -0.4 is 10.9 Å². The molecule has 1 aliphatic rings. The van der Waals surface area contributed by atoms with Crippen molar-refractivity contribution in [3.63, 3.8) is 0 Å². The SMILES string of the molecule is CCCCOCCCNC(=O)C1CN(Cc2nc3ccccc3c(=O)[nH]2)CCO1. The second-order valence-electron chi connectivity index (χ2n) is 7.23. The van der Waals surface area contributed by atoms with Gasteiger partial charge in [-0.3, -0.25) is 14.5 Å². The largest absolute Gasteiger partial charge is 0.381 e. The maximum Gasteiger partial charge on any atom is 0.258 e. The van der Waals surface area contributed by atoms with E-state index in [4.69, 9.17) is 9.47 Å². The van der Waals surface area contributed by atoms with Gasteiger partial charge >= 0.3 is 0 Å². The molecule has 0 radical (unpaired) electrons. The molecule has 2 heterocycles. The highest BCUT2D eigenvalue weighted by Crippen LogP contribution is 2.10. The topological polar surface area (TPSA) is 96.5 Å². The predicted molar refractivity (Wildman–Crippen MR) is 111 cm³/mol. The Kier molecular flexibility index (Phi) is 8.15. The normalized spacial score (nSPS) is 17.5. The van der Waals surface area contributed by atoms with Gasteiger partial charge < -0.3 is 19.8 Å². The van der Waals surface area contributed by atoms with Gasteiger partial charge in [0.25, 0.3) is 5.56 Å². The summed E-state index contributed by atoms with van der Waals surface area (Å²) < 4.78 is 11.1. The average Bonchev–Trinajstić information content (AvgIpc) is 2.73. The van der Waals surface area contributed by atoms with Crippen molar-refractivity contribution in [2.75, 3.05) is 39.5 Å². The number of benzene rings is 1. The lowest BCUT2D eigenvalue weighted by molar-refractivity contribution is -0.138. The third-order valence-corrected chi connectivity index (χ3v) is 4.89. The highest BCUT2D eigenvalue weighted by molar-refractivity contribution is 5.81. The van der Waals surface area contributed by atoms with Crippen molar-refractivity contribution in [1.29, 1.82) is 0 Å². The summed E-state index contributed by atoms with van der Waals surface area (Å²) in [4.78, 5) is 34.1. The van der Waals surface area contributed by atoms with Gasteiger partial charge in [-0.25, -0.2) is 4.98 Å². The zero-order valence-corrected chi connectivity index (χ0v) is 17.0. The van der Waals surface area contributed by atoms with Crippen molar-refractivity contribution >= 4 is 16.8 Å². The lowest BCUT2D eigenvalue weighted by Gasteiger charge is -2.31. The molecule has 158 valence electrons. The van der Waals surface area contributed by atoms with Crippen LogP contribution in [0, 0.1) is 0 Å². The number of nitrogens with zero attached hydrogens (tertiary/aromatic N) is 2. The molecule has 0 aliphatic carbocycles. The number of unbranched alkanes of at least 4 members (excludes halogenated alkanes) is 1. The number of carbonyl (C=O) groups excluding carboxylic acids is 1. The Bertz CT molecular complexity index is 854. The number of nitrogens with one attached hydrogen (secondary N) is 2. The molecule has 0 saturated carbocycles. The molecule has 8 heteroatoms. The van der Waals surface area contributed by atoms with Crippen LogP contribution >= 0.6 is 0 Å². The summed E-state index contributed by atoms with van der Waals surface area (Å²) in [6.45, 7) is 6.22. The number of para-hydroxylation sites is 1. The number of H-pyrrole nitrogens is 1. The molecule has 1 aliphatic heterocycles. The quantitative estimate of drug-likeness (QED) is 0.584. The van der Waals surface area contributed by atoms with Gasteiger partial charge in [0.15, 0.2) is 0 Å². The highest BCUT2D eigenvalue weighted by Gasteiger charge is 2.26. The summed E-state index contributed by atoms with van der Waals surface area (Å²) in [6.07, 6.45) is 2.45. The van der Waals surface area contributed by atoms with Crippen LogP contribution in [0.3, 0.4) is 0 Å². The van der Waals surface area contributed by atoms with Gasteiger partial charge in [-0.05, 0) is 25.0 Å². The van der Waals surface area contributed by atoms with Gasteiger partial charge in [0.05, 0.1) is 24.1 Å². The zero-order chi connectivity index (χ0) is 20.5. The Balaban J connectivity index is 1.47. The Morgan fingerprint density at radius 3 is 3.03 bits per heavy atom. The number of hydrogen-bond acceptors (Lipinski definition) is 6. The molecular weight excluding hydrogens is 372 g/mol. The molecule has 2 aromatic rings. The molecular formula is C21H30N4O4. The van der Waals surface area contributed by atoms with Crippen LogP contribution in [0.1, 0.15) is 32.0 Å². The van der Waals surface area contributed by atoms with Crippen molar-refractivity contribution in [3.05, 3.63) is 40.4 Å². The van der Waals surface area contributed by atoms with Gasteiger partial charge in [0.1, 0.15) is 11.9 Å². The number of aromatic amines is 1. The second kappa shape index (κ2) is 11.0. The minimum Gasteiger partial charge on any atom is -0.381 e. The predicted octanol–water partition coefficient (Wildman–Crippen LogP) is 1.45. The van der Waals surface area contributed by atoms with Gasteiger partial charge in [0.2, 0.25) is 5.91 Å². The zero-order valence-electron chi connectivity index (χ0n) is 17.0. The van der Waals surface area contributed by atoms with Crippen LogP contribution in [0.4, 0.5) is 0 Å². The minimum atomic E-state index is -0.517. The molecule has 3 rings (SSSR count). The van der Waals surface area contributed by atoms with E-state index in [9.17, 15) is 9.59 Å². The Morgan fingerprint density at radius 1 is 1.34 bits per heavy atom. The lowest BCUT2D eigenvalue weighted by Crippen LogP contribution is -2.49. The van der Waals surface area contributed by atoms with E-state index < -0.39 is 6.10 Å². The fraction of sp³-hybridized carbons (Fsp3) is 0.571. The Labute approximate surface area is 170 Å². The fourth-order valence-corrected chi connectivity index (χ4v) is 3.27. The van der Waals surface area contributed by atoms with Crippen LogP contribution in [0.15, 0.2) is 29.1 Å². The van der Waals surface area contributed by atoms with Gasteiger partial charge in [-0.1, -0.05) is 25.5 Å². The molecule has 1 aromatic heterocycles. The second-order valence-corrected chi connectivity index (χ2v) is 7.23. The number of ether oxygens (including phenoxy) is 2. The van der Waals surface area contributed by atoms with Gasteiger partial charge in [-0.2, -0.15) is 0 Å². The standard InChI is InChI=1S/C21H30N4O4/c1-2-3-11-28-12-6-9-22-21(27)18-14-25(10-13-29-18)15-19-23-17-8-5-4-7-16(17)20(26)24-19/h4-5,7-8,18H,2-3,6,9-15H2,1H3,(H,22,27)(H,23,24,26). The van der Waals surface area contributed by atoms with Gasteiger partial charge in [0, 0.05) is 32.8 Å². The summed E-state index contributed by atoms with van der Waals surface area (Å²) in [5.41, 5.74) is 0.532. The van der Waals surface area contributed by atoms with E-state index in [0.717, 1.165) is 25.9 Å². The van der Waals surface area contributed by atoms with Crippen molar-refractivity contribution in [3.8, 4) is 0 Å². The fourth-order valence-electron chi connectivity index (χ4n) is 3.27. The van der Waals surface area contributed by atoms with E-state index in [-0.39, 0.29) is 11.5 Å². The Hall–Kier alpha value is -2.29. The molecule has 1 aromatic carbocycles. The maximum absolute atomic E-state index is 12.4. The smallest absolute Gasteiger partial charge is 0.258 e. The number of aromatic nitrogens is 2. The van der Waals surface area contributed by atoms with E-state index in [1.165, 1.54) is 0 Å². The molecule has 1 saturated heterocycles. The summed E-state index contributed by atoms with van der Waals surface area (Å²) >= 11 is 0. The summed E-state index contributed by atoms with van der Waals surface area (Å²) in [5, 5.41) is 3.49. The molecule has 1 unspecified atom stereocenters. The van der Waals surface area contributed by atoms with Crippen molar-refractivity contribution in [1.82, 2.24) is 20.2 Å². The third-order valence-electron chi connectivity index (χ3n) is 4.89. The van der Waals surface area contributed by atoms with Crippen molar-refractivity contribution < 1.29 is 14.3 Å². The number of amides is 1. The first-order chi connectivity index (χ1) is 14.2. The summed E-state index contributed by atoms with van der Waals surface area (Å²) in [5.74, 6) is 0.488. The lowest BCUT2D eigenvalue weighted by atomic mass is 10.2. The van der Waals surface area contributed by atoms with E-state index in [1.807, 2.05) is 18.2 Å². The first-order valence-corrected chi connectivity index (χ1v) is 10.3. The number of carbonyl (C=O) groups is 1.